The van der Waals surface area contributed by atoms with E-state index < -0.39 is 0 Å². The molecule has 3 aromatic rings. The summed E-state index contributed by atoms with van der Waals surface area (Å²) in [6.45, 7) is 2.18. The summed E-state index contributed by atoms with van der Waals surface area (Å²) >= 11 is 8.19. The van der Waals surface area contributed by atoms with Crippen LogP contribution in [0.2, 0.25) is 5.02 Å². The van der Waals surface area contributed by atoms with E-state index in [4.69, 9.17) is 16.6 Å². The van der Waals surface area contributed by atoms with Crippen molar-refractivity contribution in [2.24, 2.45) is 12.5 Å². The Hall–Kier alpha value is -2.25. The number of anilines is 3. The number of piperidine rings is 1. The van der Waals surface area contributed by atoms with Gasteiger partial charge in [-0.1, -0.05) is 42.3 Å². The maximum absolute atomic E-state index is 6.66. The van der Waals surface area contributed by atoms with Crippen molar-refractivity contribution in [3.05, 3.63) is 48.0 Å². The molecule has 8 heteroatoms. The van der Waals surface area contributed by atoms with Gasteiger partial charge in [-0.25, -0.2) is 9.97 Å². The van der Waals surface area contributed by atoms with Gasteiger partial charge in [0.15, 0.2) is 0 Å². The second-order valence-corrected chi connectivity index (χ2v) is 10.1. The maximum atomic E-state index is 6.66. The Balaban J connectivity index is 1.24. The maximum Gasteiger partial charge on any atom is 0.147 e. The molecule has 1 saturated heterocycles. The summed E-state index contributed by atoms with van der Waals surface area (Å²) in [5, 5.41) is 9.01. The number of nitrogens with one attached hydrogen (secondary N) is 1. The lowest BCUT2D eigenvalue weighted by Crippen LogP contribution is -2.39. The fourth-order valence-corrected chi connectivity index (χ4v) is 5.87. The first kappa shape index (κ1) is 20.6. The van der Waals surface area contributed by atoms with Crippen molar-refractivity contribution >= 4 is 40.6 Å². The highest BCUT2D eigenvalue weighted by atomic mass is 35.5. The molecule has 2 aromatic heterocycles. The second kappa shape index (κ2) is 8.71. The van der Waals surface area contributed by atoms with Crippen LogP contribution >= 0.6 is 23.4 Å². The Labute approximate surface area is 192 Å². The highest BCUT2D eigenvalue weighted by Gasteiger charge is 2.37. The van der Waals surface area contributed by atoms with Crippen LogP contribution < -0.4 is 10.2 Å². The molecule has 162 valence electrons. The van der Waals surface area contributed by atoms with Crippen molar-refractivity contribution in [1.29, 1.82) is 0 Å². The van der Waals surface area contributed by atoms with Crippen LogP contribution in [0.25, 0.3) is 0 Å². The third-order valence-electron chi connectivity index (χ3n) is 6.59. The zero-order valence-electron chi connectivity index (χ0n) is 17.7. The van der Waals surface area contributed by atoms with Gasteiger partial charge in [0.2, 0.25) is 0 Å². The Bertz CT molecular complexity index is 1030. The summed E-state index contributed by atoms with van der Waals surface area (Å²) in [6, 6.07) is 5.95. The molecule has 2 aliphatic rings. The smallest absolute Gasteiger partial charge is 0.147 e. The van der Waals surface area contributed by atoms with Gasteiger partial charge in [0.05, 0.1) is 35.0 Å². The van der Waals surface area contributed by atoms with E-state index in [1.54, 1.807) is 10.9 Å². The van der Waals surface area contributed by atoms with E-state index in [0.717, 1.165) is 40.2 Å². The van der Waals surface area contributed by atoms with Crippen molar-refractivity contribution in [2.45, 2.75) is 48.4 Å². The molecule has 2 fully saturated rings. The van der Waals surface area contributed by atoms with Crippen molar-refractivity contribution < 1.29 is 0 Å². The van der Waals surface area contributed by atoms with Gasteiger partial charge in [0.1, 0.15) is 10.8 Å². The van der Waals surface area contributed by atoms with Gasteiger partial charge in [-0.15, -0.1) is 0 Å². The molecule has 1 aromatic carbocycles. The number of hydrogen-bond acceptors (Lipinski definition) is 6. The van der Waals surface area contributed by atoms with E-state index in [9.17, 15) is 0 Å². The summed E-state index contributed by atoms with van der Waals surface area (Å²) in [7, 11) is 1.89. The van der Waals surface area contributed by atoms with Crippen molar-refractivity contribution in [3.8, 4) is 0 Å². The molecule has 0 atom stereocenters. The van der Waals surface area contributed by atoms with Crippen molar-refractivity contribution in [3.63, 3.8) is 0 Å². The number of hydrogen-bond donors (Lipinski definition) is 1. The van der Waals surface area contributed by atoms with E-state index in [2.05, 4.69) is 20.3 Å². The topological polar surface area (TPSA) is 58.9 Å². The van der Waals surface area contributed by atoms with E-state index in [-0.39, 0.29) is 0 Å². The highest BCUT2D eigenvalue weighted by molar-refractivity contribution is 7.99. The number of aromatic nitrogens is 4. The molecule has 1 aliphatic heterocycles. The monoisotopic (exact) mass is 454 g/mol. The molecule has 0 bridgehead atoms. The van der Waals surface area contributed by atoms with E-state index in [1.165, 1.54) is 50.3 Å². The molecule has 0 amide bonds. The number of nitrogens with zero attached hydrogens (tertiary/aromatic N) is 5. The lowest BCUT2D eigenvalue weighted by atomic mass is 9.77. The number of halogens is 1. The molecule has 6 nitrogen and oxygen atoms in total. The molecule has 1 spiro atoms. The lowest BCUT2D eigenvalue weighted by Gasteiger charge is -2.39. The minimum absolute atomic E-state index is 0.616. The first-order valence-corrected chi connectivity index (χ1v) is 12.1. The second-order valence-electron chi connectivity index (χ2n) is 8.65. The minimum Gasteiger partial charge on any atom is -0.355 e. The molecule has 1 saturated carbocycles. The molecule has 1 aliphatic carbocycles. The van der Waals surface area contributed by atoms with Crippen LogP contribution in [0.5, 0.6) is 0 Å². The van der Waals surface area contributed by atoms with E-state index in [0.29, 0.717) is 10.4 Å². The normalized spacial score (nSPS) is 17.9. The molecule has 1 N–H and O–H groups in total. The van der Waals surface area contributed by atoms with Crippen LogP contribution in [0.4, 0.5) is 17.2 Å². The summed E-state index contributed by atoms with van der Waals surface area (Å²) < 4.78 is 1.75. The largest absolute Gasteiger partial charge is 0.355 e. The van der Waals surface area contributed by atoms with Crippen molar-refractivity contribution in [2.75, 3.05) is 23.3 Å². The van der Waals surface area contributed by atoms with Gasteiger partial charge in [-0.3, -0.25) is 4.68 Å². The summed E-state index contributed by atoms with van der Waals surface area (Å²) in [5.41, 5.74) is 2.36. The highest BCUT2D eigenvalue weighted by Crippen LogP contribution is 2.46. The predicted molar refractivity (Wildman–Crippen MR) is 126 cm³/mol. The first-order valence-electron chi connectivity index (χ1n) is 10.9. The number of aryl methyl sites for hydroxylation is 1. The minimum atomic E-state index is 0.616. The van der Waals surface area contributed by atoms with E-state index in [1.807, 2.05) is 43.8 Å². The predicted octanol–water partition coefficient (Wildman–Crippen LogP) is 5.92. The van der Waals surface area contributed by atoms with Crippen molar-refractivity contribution in [1.82, 2.24) is 19.7 Å². The summed E-state index contributed by atoms with van der Waals surface area (Å²) in [4.78, 5) is 12.7. The average Bonchev–Trinajstić information content (AvgIpc) is 3.41. The fourth-order valence-electron chi connectivity index (χ4n) is 4.80. The van der Waals surface area contributed by atoms with Crippen LogP contribution in [0.15, 0.2) is 52.9 Å². The molecule has 0 radical (unpaired) electrons. The fraction of sp³-hybridized carbons (Fsp3) is 0.435. The van der Waals surface area contributed by atoms with Gasteiger partial charge < -0.3 is 10.2 Å². The summed E-state index contributed by atoms with van der Waals surface area (Å²) in [6.07, 6.45) is 15.7. The number of benzene rings is 1. The van der Waals surface area contributed by atoms with Gasteiger partial charge >= 0.3 is 0 Å². The molecule has 0 unspecified atom stereocenters. The number of rotatable bonds is 5. The zero-order chi connectivity index (χ0) is 21.3. The molecular formula is C23H27ClN6S. The summed E-state index contributed by atoms with van der Waals surface area (Å²) in [5.74, 6) is 0.982. The first-order chi connectivity index (χ1) is 15.1. The van der Waals surface area contributed by atoms with Gasteiger partial charge in [-0.2, -0.15) is 5.10 Å². The van der Waals surface area contributed by atoms with Gasteiger partial charge in [-0.05, 0) is 43.2 Å². The zero-order valence-corrected chi connectivity index (χ0v) is 19.3. The molecule has 5 rings (SSSR count). The Morgan fingerprint density at radius 1 is 1.03 bits per heavy atom. The quantitative estimate of drug-likeness (QED) is 0.516. The van der Waals surface area contributed by atoms with Crippen LogP contribution in [-0.4, -0.2) is 32.8 Å². The third kappa shape index (κ3) is 4.53. The SMILES string of the molecule is Cn1cc(Nc2cccc(Sc3cnc(N4CCC5(CCCC5)CC4)cn3)c2Cl)cn1. The Kier molecular flexibility index (Phi) is 5.80. The van der Waals surface area contributed by atoms with Gasteiger partial charge in [0, 0.05) is 31.2 Å². The molecule has 3 heterocycles. The van der Waals surface area contributed by atoms with Crippen LogP contribution in [-0.2, 0) is 7.05 Å². The Morgan fingerprint density at radius 3 is 2.52 bits per heavy atom. The average molecular weight is 455 g/mol. The standard InChI is InChI=1S/C23H27ClN6S/c1-29-16-17(13-27-29)28-18-5-4-6-19(22(18)24)31-21-15-25-20(14-26-21)30-11-9-23(10-12-30)7-2-3-8-23/h4-6,13-16,28H,2-3,7-12H2,1H3. The lowest BCUT2D eigenvalue weighted by molar-refractivity contribution is 0.226. The van der Waals surface area contributed by atoms with Crippen LogP contribution in [0, 0.1) is 5.41 Å². The van der Waals surface area contributed by atoms with E-state index >= 15 is 0 Å². The molecular weight excluding hydrogens is 428 g/mol. The van der Waals surface area contributed by atoms with Gasteiger partial charge in [0.25, 0.3) is 0 Å². The van der Waals surface area contributed by atoms with Crippen LogP contribution in [0.3, 0.4) is 0 Å². The molecule has 31 heavy (non-hydrogen) atoms. The third-order valence-corrected chi connectivity index (χ3v) is 8.09. The van der Waals surface area contributed by atoms with Crippen LogP contribution in [0.1, 0.15) is 38.5 Å². The Morgan fingerprint density at radius 2 is 1.84 bits per heavy atom.